The zero-order chi connectivity index (χ0) is 22.1. The maximum Gasteiger partial charge on any atom is 0.257 e. The average Bonchev–Trinajstić information content (AvgIpc) is 3.42. The highest BCUT2D eigenvalue weighted by atomic mass is 19.1. The molecule has 1 aliphatic heterocycles. The number of nitrogens with one attached hydrogen (secondary N) is 2. The highest BCUT2D eigenvalue weighted by Gasteiger charge is 2.30. The molecule has 0 fully saturated rings. The fourth-order valence-electron chi connectivity index (χ4n) is 4.22. The first-order valence-corrected chi connectivity index (χ1v) is 10.6. The van der Waals surface area contributed by atoms with Crippen molar-refractivity contribution in [1.82, 2.24) is 24.8 Å². The van der Waals surface area contributed by atoms with Gasteiger partial charge in [0.15, 0.2) is 0 Å². The Morgan fingerprint density at radius 2 is 2.03 bits per heavy atom. The van der Waals surface area contributed by atoms with Gasteiger partial charge < -0.3 is 10.3 Å². The zero-order valence-electron chi connectivity index (χ0n) is 17.3. The number of fused-ring (bicyclic) bond motifs is 2. The van der Waals surface area contributed by atoms with E-state index in [1.807, 2.05) is 12.1 Å². The monoisotopic (exact) mass is 431 g/mol. The molecule has 1 amide bonds. The third-order valence-corrected chi connectivity index (χ3v) is 5.92. The fraction of sp³-hybridized carbons (Fsp3) is 0.250. The Labute approximate surface area is 183 Å². The standard InChI is InChI=1S/C24H22FN5O2/c25-18-5-2-15(3-6-18)1-4-16-13-27-22-8-7-21(30(22)24(16)32)23(31)28-14-19-11-17-12-26-10-9-20(17)29-19/h2-3,5-6,9-13,21,29H,1,4,7-8,14H2,(H,28,31)/t21-/m0/s1. The molecule has 2 N–H and O–H groups in total. The molecule has 7 nitrogen and oxygen atoms in total. The van der Waals surface area contributed by atoms with Crippen LogP contribution in [0.15, 0.2) is 59.8 Å². The molecule has 8 heteroatoms. The number of aromatic nitrogens is 4. The van der Waals surface area contributed by atoms with Crippen molar-refractivity contribution in [3.8, 4) is 0 Å². The summed E-state index contributed by atoms with van der Waals surface area (Å²) in [6.45, 7) is 0.339. The maximum absolute atomic E-state index is 13.1. The Balaban J connectivity index is 1.29. The molecule has 0 bridgehead atoms. The lowest BCUT2D eigenvalue weighted by molar-refractivity contribution is -0.124. The Morgan fingerprint density at radius 3 is 2.84 bits per heavy atom. The lowest BCUT2D eigenvalue weighted by Gasteiger charge is -2.15. The van der Waals surface area contributed by atoms with Gasteiger partial charge in [0.05, 0.1) is 6.54 Å². The Bertz CT molecular complexity index is 1310. The van der Waals surface area contributed by atoms with Crippen LogP contribution in [0.25, 0.3) is 10.9 Å². The summed E-state index contributed by atoms with van der Waals surface area (Å²) >= 11 is 0. The highest BCUT2D eigenvalue weighted by molar-refractivity contribution is 5.82. The van der Waals surface area contributed by atoms with Gasteiger partial charge in [-0.1, -0.05) is 12.1 Å². The van der Waals surface area contributed by atoms with Gasteiger partial charge in [0.1, 0.15) is 17.7 Å². The molecule has 0 saturated carbocycles. The smallest absolute Gasteiger partial charge is 0.257 e. The molecule has 1 aromatic carbocycles. The van der Waals surface area contributed by atoms with Crippen molar-refractivity contribution in [2.75, 3.05) is 0 Å². The third-order valence-electron chi connectivity index (χ3n) is 5.92. The van der Waals surface area contributed by atoms with Crippen molar-refractivity contribution in [3.05, 3.63) is 93.8 Å². The summed E-state index contributed by atoms with van der Waals surface area (Å²) in [5, 5.41) is 3.92. The molecule has 3 aromatic heterocycles. The van der Waals surface area contributed by atoms with Crippen molar-refractivity contribution in [1.29, 1.82) is 0 Å². The van der Waals surface area contributed by atoms with Crippen molar-refractivity contribution in [3.63, 3.8) is 0 Å². The van der Waals surface area contributed by atoms with E-state index in [-0.39, 0.29) is 17.3 Å². The third kappa shape index (κ3) is 3.91. The number of carbonyl (C=O) groups excluding carboxylic acids is 1. The zero-order valence-corrected chi connectivity index (χ0v) is 17.3. The first-order valence-electron chi connectivity index (χ1n) is 10.6. The Hall–Kier alpha value is -3.81. The molecular weight excluding hydrogens is 409 g/mol. The van der Waals surface area contributed by atoms with Crippen LogP contribution >= 0.6 is 0 Å². The van der Waals surface area contributed by atoms with E-state index in [0.29, 0.717) is 43.6 Å². The number of aryl methyl sites for hydroxylation is 3. The summed E-state index contributed by atoms with van der Waals surface area (Å²) in [4.78, 5) is 37.8. The number of benzene rings is 1. The van der Waals surface area contributed by atoms with E-state index in [1.165, 1.54) is 16.7 Å². The number of H-pyrrole nitrogens is 1. The second-order valence-electron chi connectivity index (χ2n) is 8.03. The summed E-state index contributed by atoms with van der Waals surface area (Å²) in [5.41, 5.74) is 3.16. The van der Waals surface area contributed by atoms with Gasteiger partial charge in [-0.25, -0.2) is 9.37 Å². The van der Waals surface area contributed by atoms with Crippen LogP contribution in [0.3, 0.4) is 0 Å². The van der Waals surface area contributed by atoms with Crippen LogP contribution in [0.2, 0.25) is 0 Å². The highest BCUT2D eigenvalue weighted by Crippen LogP contribution is 2.23. The fourth-order valence-corrected chi connectivity index (χ4v) is 4.22. The lowest BCUT2D eigenvalue weighted by Crippen LogP contribution is -2.36. The summed E-state index contributed by atoms with van der Waals surface area (Å²) < 4.78 is 14.6. The van der Waals surface area contributed by atoms with Gasteiger partial charge in [-0.05, 0) is 49.1 Å². The number of pyridine rings is 1. The van der Waals surface area contributed by atoms with Crippen LogP contribution in [0.5, 0.6) is 0 Å². The van der Waals surface area contributed by atoms with Gasteiger partial charge in [0, 0.05) is 47.2 Å². The number of amides is 1. The Kier molecular flexibility index (Phi) is 5.26. The maximum atomic E-state index is 13.1. The molecule has 1 aliphatic rings. The van der Waals surface area contributed by atoms with Crippen LogP contribution in [0.1, 0.15) is 35.1 Å². The number of halogens is 1. The summed E-state index contributed by atoms with van der Waals surface area (Å²) in [6.07, 6.45) is 7.30. The molecule has 0 radical (unpaired) electrons. The first kappa shape index (κ1) is 20.1. The number of hydrogen-bond donors (Lipinski definition) is 2. The van der Waals surface area contributed by atoms with E-state index >= 15 is 0 Å². The molecule has 0 spiro atoms. The molecule has 32 heavy (non-hydrogen) atoms. The average molecular weight is 431 g/mol. The molecule has 162 valence electrons. The van der Waals surface area contributed by atoms with Gasteiger partial charge >= 0.3 is 0 Å². The largest absolute Gasteiger partial charge is 0.357 e. The second kappa shape index (κ2) is 8.37. The minimum absolute atomic E-state index is 0.175. The van der Waals surface area contributed by atoms with Crippen LogP contribution in [-0.4, -0.2) is 25.4 Å². The predicted molar refractivity (Wildman–Crippen MR) is 118 cm³/mol. The SMILES string of the molecule is O=C(NCc1cc2cnccc2[nH]1)[C@@H]1CCc2ncc(CCc3ccc(F)cc3)c(=O)n21. The number of hydrogen-bond acceptors (Lipinski definition) is 4. The molecule has 1 atom stereocenters. The van der Waals surface area contributed by atoms with E-state index < -0.39 is 6.04 Å². The van der Waals surface area contributed by atoms with Crippen molar-refractivity contribution in [2.45, 2.75) is 38.3 Å². The molecular formula is C24H22FN5O2. The molecule has 0 unspecified atom stereocenters. The number of rotatable bonds is 6. The normalized spacial score (nSPS) is 15.1. The Morgan fingerprint density at radius 1 is 1.19 bits per heavy atom. The van der Waals surface area contributed by atoms with Crippen LogP contribution in [-0.2, 0) is 30.6 Å². The van der Waals surface area contributed by atoms with E-state index in [2.05, 4.69) is 20.3 Å². The van der Waals surface area contributed by atoms with Gasteiger partial charge in [-0.2, -0.15) is 0 Å². The van der Waals surface area contributed by atoms with E-state index in [1.54, 1.807) is 30.7 Å². The second-order valence-corrected chi connectivity index (χ2v) is 8.03. The molecule has 0 aliphatic carbocycles. The quantitative estimate of drug-likeness (QED) is 0.491. The van der Waals surface area contributed by atoms with Crippen LogP contribution < -0.4 is 10.9 Å². The van der Waals surface area contributed by atoms with Crippen molar-refractivity contribution >= 4 is 16.8 Å². The minimum atomic E-state index is -0.568. The minimum Gasteiger partial charge on any atom is -0.357 e. The van der Waals surface area contributed by atoms with Crippen LogP contribution in [0.4, 0.5) is 4.39 Å². The molecule has 4 heterocycles. The van der Waals surface area contributed by atoms with Gasteiger partial charge in [0.2, 0.25) is 5.91 Å². The summed E-state index contributed by atoms with van der Waals surface area (Å²) in [6, 6.07) is 9.51. The molecule has 5 rings (SSSR count). The summed E-state index contributed by atoms with van der Waals surface area (Å²) in [7, 11) is 0. The van der Waals surface area contributed by atoms with E-state index in [0.717, 1.165) is 22.2 Å². The van der Waals surface area contributed by atoms with Crippen molar-refractivity contribution in [2.24, 2.45) is 0 Å². The summed E-state index contributed by atoms with van der Waals surface area (Å²) in [5.74, 6) is 0.156. The van der Waals surface area contributed by atoms with Gasteiger partial charge in [-0.15, -0.1) is 0 Å². The van der Waals surface area contributed by atoms with Crippen LogP contribution in [0, 0.1) is 5.82 Å². The topological polar surface area (TPSA) is 92.7 Å². The van der Waals surface area contributed by atoms with E-state index in [4.69, 9.17) is 0 Å². The number of aromatic amines is 1. The number of nitrogens with zero attached hydrogens (tertiary/aromatic N) is 3. The molecule has 4 aromatic rings. The number of carbonyl (C=O) groups is 1. The predicted octanol–water partition coefficient (Wildman–Crippen LogP) is 2.85. The van der Waals surface area contributed by atoms with Crippen molar-refractivity contribution < 1.29 is 9.18 Å². The van der Waals surface area contributed by atoms with E-state index in [9.17, 15) is 14.0 Å². The lowest BCUT2D eigenvalue weighted by atomic mass is 10.1. The molecule has 0 saturated heterocycles. The van der Waals surface area contributed by atoms with Gasteiger partial charge in [-0.3, -0.25) is 19.1 Å². The van der Waals surface area contributed by atoms with Gasteiger partial charge in [0.25, 0.3) is 5.56 Å². The first-order chi connectivity index (χ1) is 15.6.